The first kappa shape index (κ1) is 24.3. The standard InChI is InChI=1S/C26H24N4O6/c1-34-17-8-6-7-16(13-17)28-23(31)15-27-25(32)24-19-9-4-5-10-20(19)26(33)30(29-24)21-12-11-18(35-2)14-22(21)36-3/h4-14H,15H2,1-3H3,(H,27,32)(H,28,31). The number of anilines is 1. The van der Waals surface area contributed by atoms with E-state index in [1.165, 1.54) is 21.3 Å². The number of hydrogen-bond acceptors (Lipinski definition) is 7. The number of carbonyl (C=O) groups excluding carboxylic acids is 2. The molecule has 0 fully saturated rings. The van der Waals surface area contributed by atoms with Gasteiger partial charge in [0.15, 0.2) is 5.69 Å². The van der Waals surface area contributed by atoms with E-state index < -0.39 is 17.4 Å². The summed E-state index contributed by atoms with van der Waals surface area (Å²) in [5.74, 6) is 0.399. The second kappa shape index (κ2) is 10.6. The van der Waals surface area contributed by atoms with E-state index in [2.05, 4.69) is 15.7 Å². The van der Waals surface area contributed by atoms with E-state index in [1.807, 2.05) is 0 Å². The number of rotatable bonds is 8. The number of hydrogen-bond donors (Lipinski definition) is 2. The molecular weight excluding hydrogens is 464 g/mol. The van der Waals surface area contributed by atoms with Gasteiger partial charge in [-0.3, -0.25) is 14.4 Å². The zero-order chi connectivity index (χ0) is 25.7. The van der Waals surface area contributed by atoms with Gasteiger partial charge in [-0.1, -0.05) is 24.3 Å². The van der Waals surface area contributed by atoms with E-state index in [0.717, 1.165) is 4.68 Å². The lowest BCUT2D eigenvalue weighted by molar-refractivity contribution is -0.115. The first-order valence-corrected chi connectivity index (χ1v) is 10.9. The number of nitrogens with zero attached hydrogens (tertiary/aromatic N) is 2. The summed E-state index contributed by atoms with van der Waals surface area (Å²) in [6.45, 7) is -0.308. The third-order valence-corrected chi connectivity index (χ3v) is 5.40. The summed E-state index contributed by atoms with van der Waals surface area (Å²) in [5, 5.41) is 10.3. The molecule has 0 spiro atoms. The van der Waals surface area contributed by atoms with Crippen molar-refractivity contribution in [2.45, 2.75) is 0 Å². The van der Waals surface area contributed by atoms with Crippen LogP contribution in [0.4, 0.5) is 5.69 Å². The quantitative estimate of drug-likeness (QED) is 0.391. The SMILES string of the molecule is COc1cccc(NC(=O)CNC(=O)c2nn(-c3ccc(OC)cc3OC)c(=O)c3ccccc23)c1. The average Bonchev–Trinajstić information content (AvgIpc) is 2.92. The van der Waals surface area contributed by atoms with Crippen molar-refractivity contribution in [2.75, 3.05) is 33.2 Å². The molecule has 0 saturated carbocycles. The molecule has 0 atom stereocenters. The molecule has 0 unspecified atom stereocenters. The number of ether oxygens (including phenoxy) is 3. The summed E-state index contributed by atoms with van der Waals surface area (Å²) in [4.78, 5) is 38.8. The first-order chi connectivity index (χ1) is 17.4. The van der Waals surface area contributed by atoms with Crippen molar-refractivity contribution in [3.8, 4) is 22.9 Å². The molecule has 36 heavy (non-hydrogen) atoms. The molecule has 0 radical (unpaired) electrons. The third kappa shape index (κ3) is 4.97. The molecule has 0 saturated heterocycles. The summed E-state index contributed by atoms with van der Waals surface area (Å²) in [7, 11) is 4.50. The van der Waals surface area contributed by atoms with Gasteiger partial charge in [-0.25, -0.2) is 0 Å². The zero-order valence-electron chi connectivity index (χ0n) is 19.9. The second-order valence-corrected chi connectivity index (χ2v) is 7.61. The Morgan fingerprint density at radius 2 is 1.58 bits per heavy atom. The maximum absolute atomic E-state index is 13.3. The molecule has 1 heterocycles. The van der Waals surface area contributed by atoms with Gasteiger partial charge in [-0.05, 0) is 30.3 Å². The Morgan fingerprint density at radius 3 is 2.31 bits per heavy atom. The molecule has 4 aromatic rings. The van der Waals surface area contributed by atoms with Gasteiger partial charge < -0.3 is 24.8 Å². The maximum Gasteiger partial charge on any atom is 0.279 e. The lowest BCUT2D eigenvalue weighted by Crippen LogP contribution is -2.35. The lowest BCUT2D eigenvalue weighted by atomic mass is 10.1. The van der Waals surface area contributed by atoms with Crippen LogP contribution in [0.15, 0.2) is 71.5 Å². The highest BCUT2D eigenvalue weighted by Gasteiger charge is 2.20. The summed E-state index contributed by atoms with van der Waals surface area (Å²) in [6.07, 6.45) is 0. The molecule has 0 aliphatic heterocycles. The molecule has 3 aromatic carbocycles. The van der Waals surface area contributed by atoms with Crippen LogP contribution in [0.5, 0.6) is 17.2 Å². The van der Waals surface area contributed by atoms with Crippen LogP contribution in [0, 0.1) is 0 Å². The first-order valence-electron chi connectivity index (χ1n) is 10.9. The Morgan fingerprint density at radius 1 is 0.861 bits per heavy atom. The molecule has 2 N–H and O–H groups in total. The minimum Gasteiger partial charge on any atom is -0.497 e. The normalized spacial score (nSPS) is 10.5. The van der Waals surface area contributed by atoms with E-state index >= 15 is 0 Å². The maximum atomic E-state index is 13.3. The Labute approximate surface area is 206 Å². The Hall–Kier alpha value is -4.86. The predicted molar refractivity (Wildman–Crippen MR) is 134 cm³/mol. The average molecular weight is 489 g/mol. The number of nitrogens with one attached hydrogen (secondary N) is 2. The van der Waals surface area contributed by atoms with Crippen LogP contribution in [0.2, 0.25) is 0 Å². The number of amides is 2. The van der Waals surface area contributed by atoms with Crippen LogP contribution in [-0.2, 0) is 4.79 Å². The van der Waals surface area contributed by atoms with E-state index in [-0.39, 0.29) is 17.6 Å². The highest BCUT2D eigenvalue weighted by atomic mass is 16.5. The molecule has 10 heteroatoms. The number of carbonyl (C=O) groups is 2. The highest BCUT2D eigenvalue weighted by molar-refractivity contribution is 6.06. The third-order valence-electron chi connectivity index (χ3n) is 5.40. The van der Waals surface area contributed by atoms with Gasteiger partial charge in [0, 0.05) is 23.2 Å². The van der Waals surface area contributed by atoms with Gasteiger partial charge in [-0.15, -0.1) is 0 Å². The number of aromatic nitrogens is 2. The Kier molecular flexibility index (Phi) is 7.15. The number of methoxy groups -OCH3 is 3. The second-order valence-electron chi connectivity index (χ2n) is 7.61. The summed E-state index contributed by atoms with van der Waals surface area (Å²) in [5.41, 5.74) is 0.412. The predicted octanol–water partition coefficient (Wildman–Crippen LogP) is 2.78. The topological polar surface area (TPSA) is 121 Å². The van der Waals surface area contributed by atoms with E-state index in [1.54, 1.807) is 66.7 Å². The smallest absolute Gasteiger partial charge is 0.279 e. The molecule has 2 amide bonds. The van der Waals surface area contributed by atoms with Crippen LogP contribution in [-0.4, -0.2) is 49.5 Å². The fourth-order valence-electron chi connectivity index (χ4n) is 3.63. The van der Waals surface area contributed by atoms with Crippen molar-refractivity contribution >= 4 is 28.3 Å². The fourth-order valence-corrected chi connectivity index (χ4v) is 3.63. The highest BCUT2D eigenvalue weighted by Crippen LogP contribution is 2.27. The van der Waals surface area contributed by atoms with Crippen molar-refractivity contribution in [1.29, 1.82) is 0 Å². The van der Waals surface area contributed by atoms with Crippen molar-refractivity contribution in [3.05, 3.63) is 82.8 Å². The molecule has 0 bridgehead atoms. The van der Waals surface area contributed by atoms with E-state index in [9.17, 15) is 14.4 Å². The van der Waals surface area contributed by atoms with E-state index in [4.69, 9.17) is 14.2 Å². The molecule has 1 aromatic heterocycles. The summed E-state index contributed by atoms with van der Waals surface area (Å²) >= 11 is 0. The summed E-state index contributed by atoms with van der Waals surface area (Å²) < 4.78 is 16.9. The summed E-state index contributed by atoms with van der Waals surface area (Å²) in [6, 6.07) is 18.4. The zero-order valence-corrected chi connectivity index (χ0v) is 19.9. The monoisotopic (exact) mass is 488 g/mol. The van der Waals surface area contributed by atoms with Crippen LogP contribution < -0.4 is 30.4 Å². The number of fused-ring (bicyclic) bond motifs is 1. The molecule has 184 valence electrons. The molecule has 0 aliphatic carbocycles. The van der Waals surface area contributed by atoms with Gasteiger partial charge in [0.2, 0.25) is 5.91 Å². The van der Waals surface area contributed by atoms with Gasteiger partial charge in [0.05, 0.1) is 33.3 Å². The molecule has 10 nitrogen and oxygen atoms in total. The van der Waals surface area contributed by atoms with E-state index in [0.29, 0.717) is 34.0 Å². The van der Waals surface area contributed by atoms with Crippen LogP contribution >= 0.6 is 0 Å². The minimum atomic E-state index is -0.617. The van der Waals surface area contributed by atoms with Gasteiger partial charge in [0.1, 0.15) is 22.9 Å². The van der Waals surface area contributed by atoms with Gasteiger partial charge >= 0.3 is 0 Å². The largest absolute Gasteiger partial charge is 0.497 e. The molecular formula is C26H24N4O6. The lowest BCUT2D eigenvalue weighted by Gasteiger charge is -2.14. The van der Waals surface area contributed by atoms with Crippen LogP contribution in [0.25, 0.3) is 16.5 Å². The van der Waals surface area contributed by atoms with Gasteiger partial charge in [0.25, 0.3) is 11.5 Å². The Balaban J connectivity index is 1.65. The van der Waals surface area contributed by atoms with Crippen molar-refractivity contribution in [3.63, 3.8) is 0 Å². The van der Waals surface area contributed by atoms with Crippen LogP contribution in [0.1, 0.15) is 10.5 Å². The van der Waals surface area contributed by atoms with Gasteiger partial charge in [-0.2, -0.15) is 9.78 Å². The Bertz CT molecular complexity index is 1500. The van der Waals surface area contributed by atoms with Crippen LogP contribution in [0.3, 0.4) is 0 Å². The minimum absolute atomic E-state index is 0.0164. The van der Waals surface area contributed by atoms with Crippen molar-refractivity contribution in [1.82, 2.24) is 15.1 Å². The van der Waals surface area contributed by atoms with Crippen molar-refractivity contribution < 1.29 is 23.8 Å². The molecule has 4 rings (SSSR count). The molecule has 0 aliphatic rings. The number of benzene rings is 3. The van der Waals surface area contributed by atoms with Crippen molar-refractivity contribution in [2.24, 2.45) is 0 Å². The fraction of sp³-hybridized carbons (Fsp3) is 0.154.